The number of hydrogen-bond donors (Lipinski definition) is 2. The second-order valence-corrected chi connectivity index (χ2v) is 4.20. The Bertz CT molecular complexity index is 394. The molecule has 1 rings (SSSR count). The number of aliphatic carboxylic acids is 1. The molecule has 1 aromatic carbocycles. The molecule has 0 aliphatic carbocycles. The fourth-order valence-electron chi connectivity index (χ4n) is 0.839. The molecule has 0 aliphatic heterocycles. The van der Waals surface area contributed by atoms with Crippen molar-refractivity contribution in [1.82, 2.24) is 0 Å². The van der Waals surface area contributed by atoms with Crippen LogP contribution in [0, 0.1) is 0 Å². The smallest absolute Gasteiger partial charge is 0.377 e. The summed E-state index contributed by atoms with van der Waals surface area (Å²) in [5, 5.41) is 8.48. The number of carboxylic acids is 1. The molecule has 0 atom stereocenters. The van der Waals surface area contributed by atoms with E-state index in [0.29, 0.717) is 14.6 Å². The minimum atomic E-state index is -1.49. The van der Waals surface area contributed by atoms with E-state index < -0.39 is 11.8 Å². The first kappa shape index (κ1) is 11.2. The maximum Gasteiger partial charge on any atom is 0.377 e. The molecule has 0 aromatic heterocycles. The quantitative estimate of drug-likeness (QED) is 0.496. The third-order valence-electron chi connectivity index (χ3n) is 1.54. The van der Waals surface area contributed by atoms with Crippen molar-refractivity contribution >= 4 is 49.3 Å². The Morgan fingerprint density at radius 3 is 2.00 bits per heavy atom. The number of rotatable bonds is 2. The highest BCUT2D eigenvalue weighted by atomic mass is 79.9. The van der Waals surface area contributed by atoms with E-state index in [0.717, 1.165) is 0 Å². The first-order valence-corrected chi connectivity index (χ1v) is 5.04. The van der Waals surface area contributed by atoms with Gasteiger partial charge < -0.3 is 10.8 Å². The van der Waals surface area contributed by atoms with Gasteiger partial charge in [-0.05, 0) is 44.0 Å². The normalized spacial score (nSPS) is 9.86. The van der Waals surface area contributed by atoms with Crippen molar-refractivity contribution in [2.45, 2.75) is 0 Å². The Morgan fingerprint density at radius 1 is 1.21 bits per heavy atom. The van der Waals surface area contributed by atoms with Crippen molar-refractivity contribution in [2.24, 2.45) is 0 Å². The number of carbonyl (C=O) groups is 2. The molecule has 0 fully saturated rings. The number of benzene rings is 1. The SMILES string of the molecule is Nc1c(Br)cc(C(=O)C(=O)O)cc1Br. The summed E-state index contributed by atoms with van der Waals surface area (Å²) in [6.07, 6.45) is 0. The van der Waals surface area contributed by atoms with Gasteiger partial charge in [-0.3, -0.25) is 4.79 Å². The highest BCUT2D eigenvalue weighted by Crippen LogP contribution is 2.29. The Labute approximate surface area is 96.4 Å². The van der Waals surface area contributed by atoms with Crippen molar-refractivity contribution in [3.05, 3.63) is 26.6 Å². The summed E-state index contributed by atoms with van der Waals surface area (Å²) >= 11 is 6.23. The highest BCUT2D eigenvalue weighted by molar-refractivity contribution is 9.11. The third kappa shape index (κ3) is 2.13. The van der Waals surface area contributed by atoms with Gasteiger partial charge in [-0.25, -0.2) is 4.79 Å². The number of Topliss-reactive ketones (excluding diaryl/α,β-unsaturated/α-hetero) is 1. The summed E-state index contributed by atoms with van der Waals surface area (Å²) < 4.78 is 0.966. The molecule has 0 saturated carbocycles. The van der Waals surface area contributed by atoms with Gasteiger partial charge in [-0.1, -0.05) is 0 Å². The Kier molecular flexibility index (Phi) is 3.28. The topological polar surface area (TPSA) is 80.4 Å². The summed E-state index contributed by atoms with van der Waals surface area (Å²) in [4.78, 5) is 21.5. The number of hydrogen-bond acceptors (Lipinski definition) is 3. The van der Waals surface area contributed by atoms with Crippen LogP contribution in [0.25, 0.3) is 0 Å². The zero-order valence-corrected chi connectivity index (χ0v) is 9.92. The van der Waals surface area contributed by atoms with Gasteiger partial charge in [0.15, 0.2) is 0 Å². The van der Waals surface area contributed by atoms with Crippen LogP contribution in [0.5, 0.6) is 0 Å². The molecule has 0 aliphatic rings. The Hall–Kier alpha value is -0.880. The molecule has 0 spiro atoms. The van der Waals surface area contributed by atoms with E-state index in [9.17, 15) is 9.59 Å². The van der Waals surface area contributed by atoms with Gasteiger partial charge in [0.05, 0.1) is 5.69 Å². The molecule has 0 saturated heterocycles. The van der Waals surface area contributed by atoms with Gasteiger partial charge in [-0.2, -0.15) is 0 Å². The number of halogens is 2. The van der Waals surface area contributed by atoms with E-state index in [4.69, 9.17) is 10.8 Å². The zero-order valence-electron chi connectivity index (χ0n) is 6.75. The standard InChI is InChI=1S/C8H5Br2NO3/c9-4-1-3(7(12)8(13)14)2-5(10)6(4)11/h1-2H,11H2,(H,13,14). The second kappa shape index (κ2) is 4.10. The van der Waals surface area contributed by atoms with Crippen molar-refractivity contribution in [2.75, 3.05) is 5.73 Å². The molecule has 74 valence electrons. The molecule has 6 heteroatoms. The molecule has 14 heavy (non-hydrogen) atoms. The number of carboxylic acid groups (broad SMARTS) is 1. The molecule has 0 heterocycles. The number of carbonyl (C=O) groups excluding carboxylic acids is 1. The van der Waals surface area contributed by atoms with E-state index in [1.807, 2.05) is 0 Å². The maximum atomic E-state index is 11.1. The van der Waals surface area contributed by atoms with Crippen LogP contribution in [-0.4, -0.2) is 16.9 Å². The molecule has 0 unspecified atom stereocenters. The minimum absolute atomic E-state index is 0.0745. The number of ketones is 1. The molecule has 3 N–H and O–H groups in total. The van der Waals surface area contributed by atoms with Crippen LogP contribution < -0.4 is 5.73 Å². The van der Waals surface area contributed by atoms with E-state index in [1.54, 1.807) is 0 Å². The Balaban J connectivity index is 3.26. The van der Waals surface area contributed by atoms with Gasteiger partial charge in [0, 0.05) is 14.5 Å². The van der Waals surface area contributed by atoms with E-state index in [2.05, 4.69) is 31.9 Å². The van der Waals surface area contributed by atoms with Crippen LogP contribution in [0.2, 0.25) is 0 Å². The summed E-state index contributed by atoms with van der Waals surface area (Å²) in [6.45, 7) is 0. The van der Waals surface area contributed by atoms with E-state index >= 15 is 0 Å². The van der Waals surface area contributed by atoms with Gasteiger partial charge >= 0.3 is 5.97 Å². The minimum Gasteiger partial charge on any atom is -0.475 e. The second-order valence-electron chi connectivity index (χ2n) is 2.49. The lowest BCUT2D eigenvalue weighted by Crippen LogP contribution is -2.12. The van der Waals surface area contributed by atoms with Gasteiger partial charge in [0.25, 0.3) is 5.78 Å². The monoisotopic (exact) mass is 321 g/mol. The molecular weight excluding hydrogens is 318 g/mol. The Morgan fingerprint density at radius 2 is 1.64 bits per heavy atom. The average molecular weight is 323 g/mol. The van der Waals surface area contributed by atoms with Crippen LogP contribution in [0.15, 0.2) is 21.1 Å². The lowest BCUT2D eigenvalue weighted by atomic mass is 10.1. The predicted molar refractivity (Wildman–Crippen MR) is 58.2 cm³/mol. The molecule has 0 amide bonds. The molecule has 4 nitrogen and oxygen atoms in total. The van der Waals surface area contributed by atoms with Crippen LogP contribution >= 0.6 is 31.9 Å². The van der Waals surface area contributed by atoms with E-state index in [1.165, 1.54) is 12.1 Å². The molecule has 0 bridgehead atoms. The number of anilines is 1. The van der Waals surface area contributed by atoms with Crippen molar-refractivity contribution in [3.63, 3.8) is 0 Å². The lowest BCUT2D eigenvalue weighted by Gasteiger charge is -2.03. The molecule has 0 radical (unpaired) electrons. The average Bonchev–Trinajstić information content (AvgIpc) is 2.12. The molecule has 1 aromatic rings. The summed E-state index contributed by atoms with van der Waals surface area (Å²) in [7, 11) is 0. The van der Waals surface area contributed by atoms with Gasteiger partial charge in [0.1, 0.15) is 0 Å². The van der Waals surface area contributed by atoms with Crippen LogP contribution in [0.3, 0.4) is 0 Å². The fourth-order valence-corrected chi connectivity index (χ4v) is 2.03. The number of nitrogen functional groups attached to an aromatic ring is 1. The summed E-state index contributed by atoms with van der Waals surface area (Å²) in [5.41, 5.74) is 6.07. The highest BCUT2D eigenvalue weighted by Gasteiger charge is 2.16. The predicted octanol–water partition coefficient (Wildman–Crippen LogP) is 2.06. The van der Waals surface area contributed by atoms with Crippen molar-refractivity contribution in [3.8, 4) is 0 Å². The first-order valence-electron chi connectivity index (χ1n) is 3.45. The summed E-state index contributed by atoms with van der Waals surface area (Å²) in [5.74, 6) is -2.46. The third-order valence-corrected chi connectivity index (χ3v) is 2.85. The van der Waals surface area contributed by atoms with Gasteiger partial charge in [-0.15, -0.1) is 0 Å². The van der Waals surface area contributed by atoms with Crippen LogP contribution in [0.4, 0.5) is 5.69 Å². The van der Waals surface area contributed by atoms with Crippen LogP contribution in [-0.2, 0) is 4.79 Å². The first-order chi connectivity index (χ1) is 6.43. The van der Waals surface area contributed by atoms with Crippen molar-refractivity contribution < 1.29 is 14.7 Å². The zero-order chi connectivity index (χ0) is 10.9. The maximum absolute atomic E-state index is 11.1. The van der Waals surface area contributed by atoms with Gasteiger partial charge in [0.2, 0.25) is 0 Å². The van der Waals surface area contributed by atoms with Crippen LogP contribution in [0.1, 0.15) is 10.4 Å². The van der Waals surface area contributed by atoms with Crippen molar-refractivity contribution in [1.29, 1.82) is 0 Å². The number of nitrogens with two attached hydrogens (primary N) is 1. The summed E-state index contributed by atoms with van der Waals surface area (Å²) in [6, 6.07) is 2.74. The molecular formula is C8H5Br2NO3. The fraction of sp³-hybridized carbons (Fsp3) is 0. The lowest BCUT2D eigenvalue weighted by molar-refractivity contribution is -0.131. The largest absolute Gasteiger partial charge is 0.475 e. The van der Waals surface area contributed by atoms with E-state index in [-0.39, 0.29) is 5.56 Å².